The summed E-state index contributed by atoms with van der Waals surface area (Å²) in [6.07, 6.45) is 0.470. The molecule has 0 fully saturated rings. The fourth-order valence-electron chi connectivity index (χ4n) is 1.25. The molecule has 0 radical (unpaired) electrons. The number of halogens is 2. The zero-order valence-electron chi connectivity index (χ0n) is 7.59. The first-order valence-electron chi connectivity index (χ1n) is 4.18. The Morgan fingerprint density at radius 2 is 2.29 bits per heavy atom. The van der Waals surface area contributed by atoms with Crippen molar-refractivity contribution in [3.8, 4) is 11.8 Å². The average Bonchev–Trinajstić information content (AvgIpc) is 2.19. The van der Waals surface area contributed by atoms with E-state index in [1.807, 2.05) is 6.07 Å². The van der Waals surface area contributed by atoms with Gasteiger partial charge in [0.1, 0.15) is 11.6 Å². The molecule has 0 aromatic heterocycles. The van der Waals surface area contributed by atoms with Crippen molar-refractivity contribution in [2.24, 2.45) is 0 Å². The monoisotopic (exact) mass is 257 g/mol. The average molecular weight is 258 g/mol. The van der Waals surface area contributed by atoms with Gasteiger partial charge in [-0.2, -0.15) is 5.26 Å². The van der Waals surface area contributed by atoms with Gasteiger partial charge in [-0.3, -0.25) is 0 Å². The molecule has 0 heterocycles. The summed E-state index contributed by atoms with van der Waals surface area (Å²) in [5, 5.41) is 18.3. The van der Waals surface area contributed by atoms with Crippen LogP contribution in [0.4, 0.5) is 4.39 Å². The van der Waals surface area contributed by atoms with E-state index in [1.165, 1.54) is 12.1 Å². The lowest BCUT2D eigenvalue weighted by Gasteiger charge is -2.11. The lowest BCUT2D eigenvalue weighted by molar-refractivity contribution is 0.451. The summed E-state index contributed by atoms with van der Waals surface area (Å²) in [6, 6.07) is 4.61. The number of hydrogen-bond donors (Lipinski definition) is 1. The third-order valence-corrected chi connectivity index (χ3v) is 2.67. The molecule has 0 saturated heterocycles. The minimum absolute atomic E-state index is 0.0735. The van der Waals surface area contributed by atoms with Crippen molar-refractivity contribution in [2.45, 2.75) is 19.3 Å². The number of aromatic hydroxyl groups is 1. The highest BCUT2D eigenvalue weighted by molar-refractivity contribution is 9.10. The minimum Gasteiger partial charge on any atom is -0.506 e. The highest BCUT2D eigenvalue weighted by Crippen LogP contribution is 2.35. The van der Waals surface area contributed by atoms with Gasteiger partial charge in [-0.15, -0.1) is 0 Å². The molecule has 0 spiro atoms. The van der Waals surface area contributed by atoms with Crippen LogP contribution in [0.3, 0.4) is 0 Å². The largest absolute Gasteiger partial charge is 0.506 e. The van der Waals surface area contributed by atoms with Crippen LogP contribution >= 0.6 is 15.9 Å². The third kappa shape index (κ3) is 1.88. The van der Waals surface area contributed by atoms with E-state index in [9.17, 15) is 9.50 Å². The molecule has 0 aliphatic carbocycles. The number of hydrogen-bond acceptors (Lipinski definition) is 2. The second-order valence-corrected chi connectivity index (χ2v) is 3.74. The fourth-order valence-corrected chi connectivity index (χ4v) is 1.59. The van der Waals surface area contributed by atoms with Gasteiger partial charge in [0.15, 0.2) is 0 Å². The molecule has 0 bridgehead atoms. The van der Waals surface area contributed by atoms with E-state index >= 15 is 0 Å². The minimum atomic E-state index is -0.604. The van der Waals surface area contributed by atoms with Crippen molar-refractivity contribution in [3.05, 3.63) is 28.0 Å². The molecule has 74 valence electrons. The van der Waals surface area contributed by atoms with E-state index < -0.39 is 11.7 Å². The topological polar surface area (TPSA) is 44.0 Å². The molecular formula is C10H9BrFNO. The zero-order chi connectivity index (χ0) is 10.7. The van der Waals surface area contributed by atoms with Crippen molar-refractivity contribution in [1.82, 2.24) is 0 Å². The second kappa shape index (κ2) is 4.43. The summed E-state index contributed by atoms with van der Waals surface area (Å²) >= 11 is 3.08. The van der Waals surface area contributed by atoms with Gasteiger partial charge in [0.2, 0.25) is 0 Å². The zero-order valence-corrected chi connectivity index (χ0v) is 9.18. The normalized spacial score (nSPS) is 12.1. The summed E-state index contributed by atoms with van der Waals surface area (Å²) in [7, 11) is 0. The van der Waals surface area contributed by atoms with Crippen molar-refractivity contribution in [1.29, 1.82) is 5.26 Å². The van der Waals surface area contributed by atoms with Crippen molar-refractivity contribution >= 4 is 15.9 Å². The highest BCUT2D eigenvalue weighted by Gasteiger charge is 2.19. The first-order chi connectivity index (χ1) is 6.61. The third-order valence-electron chi connectivity index (χ3n) is 2.03. The second-order valence-electron chi connectivity index (χ2n) is 2.88. The van der Waals surface area contributed by atoms with Gasteiger partial charge < -0.3 is 5.11 Å². The first kappa shape index (κ1) is 11.0. The van der Waals surface area contributed by atoms with Crippen LogP contribution in [0, 0.1) is 17.1 Å². The van der Waals surface area contributed by atoms with Crippen molar-refractivity contribution in [3.63, 3.8) is 0 Å². The number of benzene rings is 1. The van der Waals surface area contributed by atoms with Crippen molar-refractivity contribution in [2.75, 3.05) is 0 Å². The summed E-state index contributed by atoms with van der Waals surface area (Å²) in [6.45, 7) is 1.77. The van der Waals surface area contributed by atoms with E-state index in [0.29, 0.717) is 10.9 Å². The van der Waals surface area contributed by atoms with Crippen LogP contribution in [-0.4, -0.2) is 5.11 Å². The molecule has 1 unspecified atom stereocenters. The van der Waals surface area contributed by atoms with Gasteiger partial charge in [-0.1, -0.05) is 6.92 Å². The maximum atomic E-state index is 13.3. The quantitative estimate of drug-likeness (QED) is 0.884. The maximum Gasteiger partial charge on any atom is 0.137 e. The standard InChI is InChI=1S/C10H9BrFNO/c1-2-6(5-13)9-8(12)4-3-7(11)10(9)14/h3-4,6,14H,2H2,1H3. The van der Waals surface area contributed by atoms with Crippen LogP contribution < -0.4 is 0 Å². The fraction of sp³-hybridized carbons (Fsp3) is 0.300. The summed E-state index contributed by atoms with van der Waals surface area (Å²) in [4.78, 5) is 0. The number of nitrogens with zero attached hydrogens (tertiary/aromatic N) is 1. The number of phenols is 1. The molecule has 2 nitrogen and oxygen atoms in total. The smallest absolute Gasteiger partial charge is 0.137 e. The van der Waals surface area contributed by atoms with Crippen LogP contribution in [-0.2, 0) is 0 Å². The summed E-state index contributed by atoms with van der Waals surface area (Å²) in [5.74, 6) is -1.33. The number of phenolic OH excluding ortho intramolecular Hbond substituents is 1. The van der Waals surface area contributed by atoms with Gasteiger partial charge in [-0.25, -0.2) is 4.39 Å². The first-order valence-corrected chi connectivity index (χ1v) is 4.97. The maximum absolute atomic E-state index is 13.3. The molecule has 0 aliphatic heterocycles. The van der Waals surface area contributed by atoms with Gasteiger partial charge >= 0.3 is 0 Å². The van der Waals surface area contributed by atoms with E-state index in [4.69, 9.17) is 5.26 Å². The Morgan fingerprint density at radius 1 is 1.64 bits per heavy atom. The molecule has 0 saturated carbocycles. The lowest BCUT2D eigenvalue weighted by Crippen LogP contribution is -1.98. The van der Waals surface area contributed by atoms with E-state index in [1.54, 1.807) is 6.92 Å². The van der Waals surface area contributed by atoms with Gasteiger partial charge in [0.25, 0.3) is 0 Å². The molecule has 0 amide bonds. The number of nitriles is 1. The Morgan fingerprint density at radius 3 is 2.79 bits per heavy atom. The Kier molecular flexibility index (Phi) is 3.48. The van der Waals surface area contributed by atoms with Crippen molar-refractivity contribution < 1.29 is 9.50 Å². The van der Waals surface area contributed by atoms with Gasteiger partial charge in [0, 0.05) is 5.56 Å². The Hall–Kier alpha value is -1.08. The Bertz CT molecular complexity index is 386. The molecule has 1 N–H and O–H groups in total. The highest BCUT2D eigenvalue weighted by atomic mass is 79.9. The van der Waals surface area contributed by atoms with Crippen LogP contribution in [0.1, 0.15) is 24.8 Å². The molecule has 1 aromatic rings. The van der Waals surface area contributed by atoms with E-state index in [0.717, 1.165) is 0 Å². The number of rotatable bonds is 2. The SMILES string of the molecule is CCC(C#N)c1c(F)ccc(Br)c1O. The Balaban J connectivity index is 3.32. The van der Waals surface area contributed by atoms with Gasteiger partial charge in [0.05, 0.1) is 16.5 Å². The molecule has 4 heteroatoms. The lowest BCUT2D eigenvalue weighted by atomic mass is 9.96. The van der Waals surface area contributed by atoms with E-state index in [-0.39, 0.29) is 11.3 Å². The van der Waals surface area contributed by atoms with E-state index in [2.05, 4.69) is 15.9 Å². The van der Waals surface area contributed by atoms with Crippen LogP contribution in [0.15, 0.2) is 16.6 Å². The molecular weight excluding hydrogens is 249 g/mol. The molecule has 1 rings (SSSR count). The Labute approximate surface area is 90.1 Å². The van der Waals surface area contributed by atoms with Crippen LogP contribution in [0.5, 0.6) is 5.75 Å². The van der Waals surface area contributed by atoms with Crippen LogP contribution in [0.25, 0.3) is 0 Å². The van der Waals surface area contributed by atoms with Gasteiger partial charge in [-0.05, 0) is 34.5 Å². The van der Waals surface area contributed by atoms with Crippen LogP contribution in [0.2, 0.25) is 0 Å². The molecule has 1 aromatic carbocycles. The predicted octanol–water partition coefficient (Wildman–Crippen LogP) is 3.31. The summed E-state index contributed by atoms with van der Waals surface area (Å²) < 4.78 is 13.7. The molecule has 1 atom stereocenters. The summed E-state index contributed by atoms with van der Waals surface area (Å²) in [5.41, 5.74) is 0.0735. The molecule has 14 heavy (non-hydrogen) atoms. The predicted molar refractivity (Wildman–Crippen MR) is 54.4 cm³/mol. The molecule has 0 aliphatic rings.